The Kier molecular flexibility index (Phi) is 7.11. The third-order valence-electron chi connectivity index (χ3n) is 1.73. The molecule has 0 aliphatic carbocycles. The van der Waals surface area contributed by atoms with Gasteiger partial charge < -0.3 is 0 Å². The van der Waals surface area contributed by atoms with Crippen molar-refractivity contribution in [3.05, 3.63) is 0 Å². The second kappa shape index (κ2) is 7.40. The largest absolute Gasteiger partial charge is 0.527 e. The van der Waals surface area contributed by atoms with E-state index in [0.29, 0.717) is 0 Å². The number of halogens is 12. The molecular formula is C6H2F12O7S2. The zero-order valence-electron chi connectivity index (χ0n) is 11.4. The van der Waals surface area contributed by atoms with Gasteiger partial charge in [-0.3, -0.25) is 0 Å². The molecular weight excluding hydrogens is 476 g/mol. The van der Waals surface area contributed by atoms with Crippen molar-refractivity contribution in [3.63, 3.8) is 0 Å². The molecule has 0 aliphatic rings. The van der Waals surface area contributed by atoms with E-state index in [1.807, 2.05) is 0 Å². The van der Waals surface area contributed by atoms with Gasteiger partial charge >= 0.3 is 56.2 Å². The van der Waals surface area contributed by atoms with E-state index in [1.54, 1.807) is 9.47 Å². The summed E-state index contributed by atoms with van der Waals surface area (Å²) >= 11 is 0. The van der Waals surface area contributed by atoms with E-state index in [4.69, 9.17) is 0 Å². The van der Waals surface area contributed by atoms with Crippen LogP contribution in [0, 0.1) is 0 Å². The van der Waals surface area contributed by atoms with Crippen molar-refractivity contribution < 1.29 is 82.6 Å². The Hall–Kier alpha value is -1.06. The average molecular weight is 478 g/mol. The first-order valence-corrected chi connectivity index (χ1v) is 8.13. The lowest BCUT2D eigenvalue weighted by Crippen LogP contribution is -2.47. The fourth-order valence-corrected chi connectivity index (χ4v) is 3.32. The minimum Gasteiger partial charge on any atom is -0.222 e. The van der Waals surface area contributed by atoms with Gasteiger partial charge in [-0.2, -0.15) is 34.4 Å². The van der Waals surface area contributed by atoms with Gasteiger partial charge in [0.15, 0.2) is 0 Å². The van der Waals surface area contributed by atoms with Gasteiger partial charge in [0.2, 0.25) is 0 Å². The molecule has 0 aromatic carbocycles. The molecule has 0 saturated carbocycles. The highest BCUT2D eigenvalue weighted by atomic mass is 32.3. The Bertz CT molecular complexity index is 660. The van der Waals surface area contributed by atoms with Crippen molar-refractivity contribution in [3.8, 4) is 0 Å². The summed E-state index contributed by atoms with van der Waals surface area (Å²) in [5.74, 6) is 0. The van der Waals surface area contributed by atoms with Crippen LogP contribution in [0.25, 0.3) is 0 Å². The number of hydrogen-bond acceptors (Lipinski definition) is 7. The fourth-order valence-electron chi connectivity index (χ4n) is 0.938. The van der Waals surface area contributed by atoms with Crippen LogP contribution >= 0.6 is 0 Å². The SMILES string of the molecule is O=S(=O)(OS(=O)(=O)C(F)C(F)(F)OC(F)(F)F)C(F)C(F)(F)OC(F)(F)F. The Morgan fingerprint density at radius 3 is 0.963 bits per heavy atom. The second-order valence-electron chi connectivity index (χ2n) is 3.90. The van der Waals surface area contributed by atoms with Crippen LogP contribution in [0.15, 0.2) is 0 Å². The maximum atomic E-state index is 13.0. The van der Waals surface area contributed by atoms with Crippen LogP contribution in [0.5, 0.6) is 0 Å². The lowest BCUT2D eigenvalue weighted by atomic mass is 10.7. The summed E-state index contributed by atoms with van der Waals surface area (Å²) in [5, 5.41) is 0. The van der Waals surface area contributed by atoms with E-state index < -0.39 is 56.2 Å². The molecule has 0 bridgehead atoms. The molecule has 2 unspecified atom stereocenters. The number of ether oxygens (including phenoxy) is 2. The fraction of sp³-hybridized carbons (Fsp3) is 1.00. The molecule has 0 fully saturated rings. The van der Waals surface area contributed by atoms with Crippen LogP contribution in [0.2, 0.25) is 0 Å². The minimum absolute atomic E-state index is 1.70. The Morgan fingerprint density at radius 1 is 0.556 bits per heavy atom. The molecule has 27 heavy (non-hydrogen) atoms. The molecule has 0 aliphatic heterocycles. The maximum Gasteiger partial charge on any atom is 0.527 e. The first kappa shape index (κ1) is 25.9. The van der Waals surface area contributed by atoms with Gasteiger partial charge in [-0.05, 0) is 0 Å². The number of hydrogen-bond donors (Lipinski definition) is 0. The van der Waals surface area contributed by atoms with E-state index in [2.05, 4.69) is 3.63 Å². The van der Waals surface area contributed by atoms with E-state index >= 15 is 0 Å². The highest BCUT2D eigenvalue weighted by Gasteiger charge is 2.62. The molecule has 7 nitrogen and oxygen atoms in total. The van der Waals surface area contributed by atoms with Gasteiger partial charge in [0.1, 0.15) is 0 Å². The Labute approximate surface area is 140 Å². The van der Waals surface area contributed by atoms with E-state index in [0.717, 1.165) is 0 Å². The smallest absolute Gasteiger partial charge is 0.222 e. The van der Waals surface area contributed by atoms with E-state index in [-0.39, 0.29) is 0 Å². The zero-order chi connectivity index (χ0) is 22.3. The molecule has 0 rings (SSSR count). The molecule has 0 heterocycles. The highest BCUT2D eigenvalue weighted by Crippen LogP contribution is 2.38. The lowest BCUT2D eigenvalue weighted by Gasteiger charge is -2.23. The predicted octanol–water partition coefficient (Wildman–Crippen LogP) is 2.51. The van der Waals surface area contributed by atoms with E-state index in [1.165, 1.54) is 0 Å². The monoisotopic (exact) mass is 478 g/mol. The molecule has 0 N–H and O–H groups in total. The summed E-state index contributed by atoms with van der Waals surface area (Å²) in [6, 6.07) is 0. The van der Waals surface area contributed by atoms with E-state index in [9.17, 15) is 69.5 Å². The zero-order valence-corrected chi connectivity index (χ0v) is 13.0. The van der Waals surface area contributed by atoms with Crippen molar-refractivity contribution in [2.45, 2.75) is 35.9 Å². The molecule has 21 heteroatoms. The van der Waals surface area contributed by atoms with Crippen molar-refractivity contribution >= 4 is 20.2 Å². The first-order chi connectivity index (χ1) is 11.4. The molecule has 0 aromatic heterocycles. The third-order valence-corrected chi connectivity index (χ3v) is 4.81. The van der Waals surface area contributed by atoms with Crippen LogP contribution in [0.1, 0.15) is 0 Å². The van der Waals surface area contributed by atoms with Crippen molar-refractivity contribution in [2.24, 2.45) is 0 Å². The van der Waals surface area contributed by atoms with Crippen molar-refractivity contribution in [1.82, 2.24) is 0 Å². The Morgan fingerprint density at radius 2 is 0.778 bits per heavy atom. The minimum atomic E-state index is -7.24. The van der Waals surface area contributed by atoms with Gasteiger partial charge in [-0.25, -0.2) is 18.3 Å². The van der Waals surface area contributed by atoms with Gasteiger partial charge in [-0.15, -0.1) is 30.0 Å². The van der Waals surface area contributed by atoms with Crippen molar-refractivity contribution in [2.75, 3.05) is 0 Å². The normalized spacial score (nSPS) is 17.6. The summed E-state index contributed by atoms with van der Waals surface area (Å²) < 4.78 is 195. The second-order valence-corrected chi connectivity index (χ2v) is 7.25. The lowest BCUT2D eigenvalue weighted by molar-refractivity contribution is -0.431. The van der Waals surface area contributed by atoms with Gasteiger partial charge in [-0.1, -0.05) is 0 Å². The molecule has 0 radical (unpaired) electrons. The summed E-state index contributed by atoms with van der Waals surface area (Å²) in [5.41, 5.74) is -10.8. The summed E-state index contributed by atoms with van der Waals surface area (Å²) in [4.78, 5) is 0. The van der Waals surface area contributed by atoms with Gasteiger partial charge in [0, 0.05) is 0 Å². The summed E-state index contributed by atoms with van der Waals surface area (Å²) in [7, 11) is -14.5. The van der Waals surface area contributed by atoms with Gasteiger partial charge in [0.05, 0.1) is 0 Å². The summed E-state index contributed by atoms with van der Waals surface area (Å²) in [6.45, 7) is 0. The quantitative estimate of drug-likeness (QED) is 0.495. The van der Waals surface area contributed by atoms with Crippen LogP contribution in [-0.2, 0) is 33.3 Å². The van der Waals surface area contributed by atoms with Crippen LogP contribution < -0.4 is 0 Å². The van der Waals surface area contributed by atoms with Crippen LogP contribution in [0.3, 0.4) is 0 Å². The predicted molar refractivity (Wildman–Crippen MR) is 52.9 cm³/mol. The third kappa shape index (κ3) is 7.83. The average Bonchev–Trinajstić information content (AvgIpc) is 2.29. The maximum absolute atomic E-state index is 13.0. The first-order valence-electron chi connectivity index (χ1n) is 5.19. The van der Waals surface area contributed by atoms with Crippen LogP contribution in [-0.4, -0.2) is 52.8 Å². The highest BCUT2D eigenvalue weighted by molar-refractivity contribution is 8.00. The Balaban J connectivity index is 5.65. The molecule has 0 aromatic rings. The molecule has 0 amide bonds. The summed E-state index contributed by atoms with van der Waals surface area (Å²) in [6.07, 6.45) is -25.7. The molecule has 0 saturated heterocycles. The number of rotatable bonds is 8. The standard InChI is InChI=1S/C6H2F12O7S2/c7-1(3(9,10)23-5(13,14)15)26(19,20)25-27(21,22)2(8)4(11,12)24-6(16,17)18/h1-2H. The molecule has 164 valence electrons. The number of alkyl halides is 12. The molecule has 0 spiro atoms. The topological polar surface area (TPSA) is 96.0 Å². The molecule has 2 atom stereocenters. The van der Waals surface area contributed by atoms with Crippen molar-refractivity contribution in [1.29, 1.82) is 0 Å². The van der Waals surface area contributed by atoms with Crippen LogP contribution in [0.4, 0.5) is 52.7 Å². The van der Waals surface area contributed by atoms with Gasteiger partial charge in [0.25, 0.3) is 0 Å².